The minimum atomic E-state index is -4.09. The van der Waals surface area contributed by atoms with Crippen molar-refractivity contribution in [3.8, 4) is 0 Å². The third-order valence-corrected chi connectivity index (χ3v) is 9.70. The third kappa shape index (κ3) is 6.92. The van der Waals surface area contributed by atoms with Crippen molar-refractivity contribution in [3.05, 3.63) is 61.9 Å². The Hall–Kier alpha value is -1.31. The summed E-state index contributed by atoms with van der Waals surface area (Å²) in [6, 6.07) is 11.1. The summed E-state index contributed by atoms with van der Waals surface area (Å²) in [6.45, 7) is 0.348. The zero-order chi connectivity index (χ0) is 25.4. The fourth-order valence-corrected chi connectivity index (χ4v) is 7.57. The first-order valence-corrected chi connectivity index (χ1v) is 16.1. The molecule has 0 fully saturated rings. The number of anilines is 1. The van der Waals surface area contributed by atoms with Gasteiger partial charge in [-0.15, -0.1) is 11.3 Å². The number of rotatable bonds is 9. The summed E-state index contributed by atoms with van der Waals surface area (Å²) < 4.78 is 64.3. The Morgan fingerprint density at radius 1 is 0.914 bits per heavy atom. The van der Waals surface area contributed by atoms with Crippen LogP contribution >= 0.6 is 46.3 Å². The summed E-state index contributed by atoms with van der Waals surface area (Å²) in [7, 11) is -8.17. The number of thiophene rings is 1. The van der Waals surface area contributed by atoms with Crippen LogP contribution < -0.4 is 4.90 Å². The number of hydrogen-bond acceptors (Lipinski definition) is 7. The second kappa shape index (κ2) is 10.6. The van der Waals surface area contributed by atoms with Crippen molar-refractivity contribution in [2.45, 2.75) is 24.2 Å². The molecular formula is C22H21Cl2NO6S4. The number of hydrogen-bond donors (Lipinski definition) is 2. The van der Waals surface area contributed by atoms with Crippen molar-refractivity contribution in [2.75, 3.05) is 23.0 Å². The van der Waals surface area contributed by atoms with E-state index >= 15 is 0 Å². The number of aryl methyl sites for hydroxylation is 1. The van der Waals surface area contributed by atoms with Crippen LogP contribution in [0.5, 0.6) is 0 Å². The van der Waals surface area contributed by atoms with Crippen LogP contribution in [-0.2, 0) is 26.7 Å². The van der Waals surface area contributed by atoms with Gasteiger partial charge in [0.2, 0.25) is 0 Å². The van der Waals surface area contributed by atoms with E-state index in [-0.39, 0.29) is 24.3 Å². The highest BCUT2D eigenvalue weighted by Crippen LogP contribution is 2.48. The van der Waals surface area contributed by atoms with Gasteiger partial charge in [0, 0.05) is 31.1 Å². The van der Waals surface area contributed by atoms with E-state index in [2.05, 4.69) is 0 Å². The average molecular weight is 595 g/mol. The van der Waals surface area contributed by atoms with Crippen molar-refractivity contribution in [1.29, 1.82) is 0 Å². The molecule has 0 radical (unpaired) electrons. The largest absolute Gasteiger partial charge is 0.335 e. The van der Waals surface area contributed by atoms with Gasteiger partial charge in [-0.2, -0.15) is 16.8 Å². The van der Waals surface area contributed by atoms with Crippen LogP contribution in [0.3, 0.4) is 0 Å². The molecule has 1 aromatic heterocycles. The van der Waals surface area contributed by atoms with Gasteiger partial charge in [-0.25, -0.2) is 0 Å². The van der Waals surface area contributed by atoms with Crippen LogP contribution in [0.1, 0.15) is 23.3 Å². The molecule has 0 saturated carbocycles. The molecule has 7 nitrogen and oxygen atoms in total. The lowest BCUT2D eigenvalue weighted by Crippen LogP contribution is -2.21. The molecule has 1 aliphatic rings. The van der Waals surface area contributed by atoms with Crippen molar-refractivity contribution >= 4 is 88.4 Å². The molecule has 35 heavy (non-hydrogen) atoms. The number of benzene rings is 2. The van der Waals surface area contributed by atoms with E-state index in [4.69, 9.17) is 32.3 Å². The molecule has 1 aliphatic heterocycles. The van der Waals surface area contributed by atoms with E-state index in [0.717, 1.165) is 36.1 Å². The Labute approximate surface area is 222 Å². The molecule has 0 saturated heterocycles. The number of halogens is 2. The predicted octanol–water partition coefficient (Wildman–Crippen LogP) is 6.22. The van der Waals surface area contributed by atoms with Gasteiger partial charge < -0.3 is 4.90 Å². The van der Waals surface area contributed by atoms with Crippen molar-refractivity contribution in [2.24, 2.45) is 0 Å². The Morgan fingerprint density at radius 3 is 2.29 bits per heavy atom. The normalized spacial score (nSPS) is 15.3. The summed E-state index contributed by atoms with van der Waals surface area (Å²) in [4.78, 5) is 3.85. The highest BCUT2D eigenvalue weighted by molar-refractivity contribution is 8.04. The highest BCUT2D eigenvalue weighted by Gasteiger charge is 2.26. The first kappa shape index (κ1) is 26.7. The molecule has 0 bridgehead atoms. The molecule has 0 aliphatic carbocycles. The van der Waals surface area contributed by atoms with Crippen molar-refractivity contribution < 1.29 is 25.9 Å². The molecule has 0 unspecified atom stereocenters. The van der Waals surface area contributed by atoms with Crippen LogP contribution in [0, 0.1) is 0 Å². The Balaban J connectivity index is 1.73. The SMILES string of the molecule is O=S(=O)(O)CCCc1c(/C=C2\Sc3ccc(Cl)cc3N2CCCS(=O)(=O)O)sc2ccc(Cl)cc12. The van der Waals surface area contributed by atoms with Gasteiger partial charge >= 0.3 is 0 Å². The van der Waals surface area contributed by atoms with Gasteiger partial charge in [-0.05, 0) is 72.7 Å². The van der Waals surface area contributed by atoms with Gasteiger partial charge in [-0.1, -0.05) is 35.0 Å². The maximum Gasteiger partial charge on any atom is 0.264 e. The molecule has 0 amide bonds. The van der Waals surface area contributed by atoms with Crippen LogP contribution in [0.15, 0.2) is 46.3 Å². The second-order valence-electron chi connectivity index (χ2n) is 7.96. The quantitative estimate of drug-likeness (QED) is 0.281. The van der Waals surface area contributed by atoms with E-state index in [1.165, 1.54) is 11.8 Å². The Kier molecular flexibility index (Phi) is 8.09. The minimum Gasteiger partial charge on any atom is -0.335 e. The first-order valence-electron chi connectivity index (χ1n) is 10.5. The maximum absolute atomic E-state index is 11.3. The van der Waals surface area contributed by atoms with E-state index in [9.17, 15) is 16.8 Å². The lowest BCUT2D eigenvalue weighted by molar-refractivity contribution is 0.479. The monoisotopic (exact) mass is 593 g/mol. The minimum absolute atomic E-state index is 0.214. The Morgan fingerprint density at radius 2 is 1.57 bits per heavy atom. The molecular weight excluding hydrogens is 573 g/mol. The average Bonchev–Trinajstić information content (AvgIpc) is 3.24. The highest BCUT2D eigenvalue weighted by atomic mass is 35.5. The number of fused-ring (bicyclic) bond motifs is 2. The van der Waals surface area contributed by atoms with Crippen LogP contribution in [0.2, 0.25) is 10.0 Å². The van der Waals surface area contributed by atoms with Crippen LogP contribution in [-0.4, -0.2) is 44.0 Å². The van der Waals surface area contributed by atoms with Gasteiger partial charge in [-0.3, -0.25) is 9.11 Å². The molecule has 2 N–H and O–H groups in total. The van der Waals surface area contributed by atoms with E-state index in [0.29, 0.717) is 23.0 Å². The second-order valence-corrected chi connectivity index (χ2v) is 14.1. The van der Waals surface area contributed by atoms with Crippen LogP contribution in [0.4, 0.5) is 5.69 Å². The summed E-state index contributed by atoms with van der Waals surface area (Å²) in [6.07, 6.45) is 2.87. The molecule has 0 spiro atoms. The standard InChI is InChI=1S/C22H21Cl2NO6S4/c23-14-4-6-19-17(11-14)16(3-1-9-34(26,27)28)21(32-19)13-22-25(8-2-10-35(29,30)31)18-12-15(24)5-7-20(18)33-22/h4-7,11-13H,1-3,8-10H2,(H,26,27,28)(H,29,30,31)/b22-13-. The van der Waals surface area contributed by atoms with E-state index in [1.807, 2.05) is 35.2 Å². The van der Waals surface area contributed by atoms with Gasteiger partial charge in [0.05, 0.1) is 22.2 Å². The molecule has 3 aromatic rings. The zero-order valence-electron chi connectivity index (χ0n) is 18.1. The van der Waals surface area contributed by atoms with Crippen molar-refractivity contribution in [3.63, 3.8) is 0 Å². The molecule has 2 heterocycles. The summed E-state index contributed by atoms with van der Waals surface area (Å²) >= 11 is 15.5. The summed E-state index contributed by atoms with van der Waals surface area (Å²) in [5.74, 6) is -0.707. The lowest BCUT2D eigenvalue weighted by atomic mass is 10.1. The lowest BCUT2D eigenvalue weighted by Gasteiger charge is -2.20. The summed E-state index contributed by atoms with van der Waals surface area (Å²) in [5, 5.41) is 2.89. The van der Waals surface area contributed by atoms with Gasteiger partial charge in [0.15, 0.2) is 0 Å². The molecule has 4 rings (SSSR count). The predicted molar refractivity (Wildman–Crippen MR) is 145 cm³/mol. The number of nitrogens with zero attached hydrogens (tertiary/aromatic N) is 1. The third-order valence-electron chi connectivity index (χ3n) is 5.34. The van der Waals surface area contributed by atoms with E-state index < -0.39 is 20.2 Å². The fourth-order valence-electron chi connectivity index (χ4n) is 3.88. The van der Waals surface area contributed by atoms with Crippen LogP contribution in [0.25, 0.3) is 16.2 Å². The molecule has 188 valence electrons. The zero-order valence-corrected chi connectivity index (χ0v) is 22.9. The Bertz CT molecular complexity index is 1520. The van der Waals surface area contributed by atoms with Gasteiger partial charge in [0.1, 0.15) is 0 Å². The topological polar surface area (TPSA) is 112 Å². The van der Waals surface area contributed by atoms with Crippen molar-refractivity contribution in [1.82, 2.24) is 0 Å². The van der Waals surface area contributed by atoms with Gasteiger partial charge in [0.25, 0.3) is 20.2 Å². The molecule has 2 aromatic carbocycles. The smallest absolute Gasteiger partial charge is 0.264 e. The van der Waals surface area contributed by atoms with E-state index in [1.54, 1.807) is 23.5 Å². The fraction of sp³-hybridized carbons (Fsp3) is 0.273. The molecule has 13 heteroatoms. The summed E-state index contributed by atoms with van der Waals surface area (Å²) in [5.41, 5.74) is 1.78. The maximum atomic E-state index is 11.3. The first-order chi connectivity index (χ1) is 16.4. The number of thioether (sulfide) groups is 1. The molecule has 0 atom stereocenters.